The predicted molar refractivity (Wildman–Crippen MR) is 117 cm³/mol. The van der Waals surface area contributed by atoms with Gasteiger partial charge in [0.2, 0.25) is 5.91 Å². The molecule has 2 heterocycles. The summed E-state index contributed by atoms with van der Waals surface area (Å²) in [6.07, 6.45) is 0. The Kier molecular flexibility index (Phi) is 8.55. The molecular formula is C19H24ClN3O4S2. The van der Waals surface area contributed by atoms with Crippen molar-refractivity contribution in [2.24, 2.45) is 4.99 Å². The summed E-state index contributed by atoms with van der Waals surface area (Å²) >= 11 is 8.82. The first-order chi connectivity index (χ1) is 14.1. The molecule has 0 spiro atoms. The Hall–Kier alpha value is -1.39. The molecule has 0 atom stereocenters. The summed E-state index contributed by atoms with van der Waals surface area (Å²) in [5.41, 5.74) is 0.973. The minimum atomic E-state index is -0.257. The molecule has 3 rings (SSSR count). The van der Waals surface area contributed by atoms with Crippen molar-refractivity contribution >= 4 is 56.7 Å². The predicted octanol–water partition coefficient (Wildman–Crippen LogP) is 2.41. The molecule has 2 amide bonds. The molecule has 1 aromatic carbocycles. The molecule has 0 saturated carbocycles. The van der Waals surface area contributed by atoms with Crippen LogP contribution in [0.1, 0.15) is 6.92 Å². The van der Waals surface area contributed by atoms with Crippen LogP contribution < -0.4 is 4.80 Å². The van der Waals surface area contributed by atoms with Crippen molar-refractivity contribution in [3.05, 3.63) is 28.0 Å². The number of rotatable bonds is 8. The van der Waals surface area contributed by atoms with Crippen LogP contribution in [0.15, 0.2) is 23.2 Å². The van der Waals surface area contributed by atoms with Crippen LogP contribution >= 0.6 is 34.7 Å². The number of hydrogen-bond acceptors (Lipinski definition) is 6. The smallest absolute Gasteiger partial charge is 0.258 e. The van der Waals surface area contributed by atoms with E-state index in [-0.39, 0.29) is 23.3 Å². The number of halogens is 1. The highest BCUT2D eigenvalue weighted by Crippen LogP contribution is 2.22. The summed E-state index contributed by atoms with van der Waals surface area (Å²) in [5, 5.41) is 0.644. The van der Waals surface area contributed by atoms with Crippen LogP contribution in [0.2, 0.25) is 5.02 Å². The lowest BCUT2D eigenvalue weighted by Crippen LogP contribution is -2.41. The van der Waals surface area contributed by atoms with Crippen LogP contribution in [0, 0.1) is 0 Å². The van der Waals surface area contributed by atoms with Crippen molar-refractivity contribution in [1.29, 1.82) is 0 Å². The maximum absolute atomic E-state index is 12.4. The first-order valence-electron chi connectivity index (χ1n) is 9.46. The number of morpholine rings is 1. The fraction of sp³-hybridized carbons (Fsp3) is 0.526. The normalized spacial score (nSPS) is 15.2. The van der Waals surface area contributed by atoms with E-state index in [4.69, 9.17) is 21.1 Å². The van der Waals surface area contributed by atoms with Crippen LogP contribution in [0.3, 0.4) is 0 Å². The van der Waals surface area contributed by atoms with E-state index in [1.807, 2.05) is 29.7 Å². The third-order valence-corrected chi connectivity index (χ3v) is 6.52. The lowest BCUT2D eigenvalue weighted by molar-refractivity contribution is -0.132. The van der Waals surface area contributed by atoms with E-state index in [1.165, 1.54) is 23.1 Å². The van der Waals surface area contributed by atoms with Crippen molar-refractivity contribution in [1.82, 2.24) is 9.47 Å². The average Bonchev–Trinajstić information content (AvgIpc) is 3.04. The monoisotopic (exact) mass is 457 g/mol. The SMILES string of the molecule is CCOCCn1c(=NC(=O)CSCC(=O)N2CCOCC2)sc2cc(Cl)ccc21. The highest BCUT2D eigenvalue weighted by atomic mass is 35.5. The number of aromatic nitrogens is 1. The van der Waals surface area contributed by atoms with Crippen LogP contribution in [0.25, 0.3) is 10.2 Å². The molecule has 1 aromatic heterocycles. The lowest BCUT2D eigenvalue weighted by Gasteiger charge is -2.26. The van der Waals surface area contributed by atoms with Gasteiger partial charge in [-0.15, -0.1) is 11.8 Å². The number of fused-ring (bicyclic) bond motifs is 1. The molecule has 1 fully saturated rings. The molecule has 1 saturated heterocycles. The van der Waals surface area contributed by atoms with E-state index >= 15 is 0 Å². The third kappa shape index (κ3) is 6.29. The van der Waals surface area contributed by atoms with Crippen molar-refractivity contribution in [2.45, 2.75) is 13.5 Å². The summed E-state index contributed by atoms with van der Waals surface area (Å²) in [4.78, 5) is 31.3. The van der Waals surface area contributed by atoms with Crippen LogP contribution in [0.5, 0.6) is 0 Å². The number of amides is 2. The minimum absolute atomic E-state index is 0.0365. The Morgan fingerprint density at radius 2 is 2.10 bits per heavy atom. The van der Waals surface area contributed by atoms with Gasteiger partial charge in [-0.25, -0.2) is 0 Å². The van der Waals surface area contributed by atoms with E-state index < -0.39 is 0 Å². The number of carbonyl (C=O) groups excluding carboxylic acids is 2. The van der Waals surface area contributed by atoms with Gasteiger partial charge in [-0.1, -0.05) is 22.9 Å². The van der Waals surface area contributed by atoms with Gasteiger partial charge >= 0.3 is 0 Å². The molecular weight excluding hydrogens is 434 g/mol. The van der Waals surface area contributed by atoms with Crippen LogP contribution in [0.4, 0.5) is 0 Å². The highest BCUT2D eigenvalue weighted by Gasteiger charge is 2.17. The van der Waals surface area contributed by atoms with E-state index in [1.54, 1.807) is 4.90 Å². The number of hydrogen-bond donors (Lipinski definition) is 0. The number of carbonyl (C=O) groups is 2. The zero-order valence-corrected chi connectivity index (χ0v) is 18.7. The first kappa shape index (κ1) is 22.3. The Labute approximate surface area is 182 Å². The maximum atomic E-state index is 12.4. The molecule has 0 N–H and O–H groups in total. The van der Waals surface area contributed by atoms with E-state index in [0.29, 0.717) is 55.9 Å². The number of benzene rings is 1. The van der Waals surface area contributed by atoms with Gasteiger partial charge in [0.15, 0.2) is 4.80 Å². The number of ether oxygens (including phenoxy) is 2. The Balaban J connectivity index is 1.66. The fourth-order valence-electron chi connectivity index (χ4n) is 2.92. The zero-order valence-electron chi connectivity index (χ0n) is 16.3. The van der Waals surface area contributed by atoms with Gasteiger partial charge in [0.05, 0.1) is 41.5 Å². The summed E-state index contributed by atoms with van der Waals surface area (Å²) in [5.74, 6) is 0.214. The van der Waals surface area contributed by atoms with Gasteiger partial charge in [0, 0.05) is 31.3 Å². The highest BCUT2D eigenvalue weighted by molar-refractivity contribution is 8.00. The second kappa shape index (κ2) is 11.1. The zero-order chi connectivity index (χ0) is 20.6. The molecule has 1 aliphatic heterocycles. The van der Waals surface area contributed by atoms with Crippen molar-refractivity contribution in [2.75, 3.05) is 51.0 Å². The fourth-order valence-corrected chi connectivity index (χ4v) is 4.97. The number of nitrogens with zero attached hydrogens (tertiary/aromatic N) is 3. The third-order valence-electron chi connectivity index (χ3n) is 4.34. The van der Waals surface area contributed by atoms with E-state index in [0.717, 1.165) is 10.2 Å². The summed E-state index contributed by atoms with van der Waals surface area (Å²) in [7, 11) is 0. The van der Waals surface area contributed by atoms with Gasteiger partial charge in [-0.2, -0.15) is 4.99 Å². The van der Waals surface area contributed by atoms with Gasteiger partial charge in [0.1, 0.15) is 0 Å². The molecule has 29 heavy (non-hydrogen) atoms. The minimum Gasteiger partial charge on any atom is -0.380 e. The standard InChI is InChI=1S/C19H24ClN3O4S2/c1-2-26-10-7-23-15-4-3-14(20)11-16(15)29-19(23)21-17(24)12-28-13-18(25)22-5-8-27-9-6-22/h3-4,11H,2,5-10,12-13H2,1H3. The van der Waals surface area contributed by atoms with Gasteiger partial charge in [0.25, 0.3) is 5.91 Å². The number of thioether (sulfide) groups is 1. The molecule has 0 aliphatic carbocycles. The van der Waals surface area contributed by atoms with Gasteiger partial charge in [-0.05, 0) is 25.1 Å². The second-order valence-electron chi connectivity index (χ2n) is 6.34. The van der Waals surface area contributed by atoms with Crippen LogP contribution in [-0.2, 0) is 25.6 Å². The Morgan fingerprint density at radius 1 is 1.31 bits per heavy atom. The first-order valence-corrected chi connectivity index (χ1v) is 11.8. The largest absolute Gasteiger partial charge is 0.380 e. The molecule has 10 heteroatoms. The molecule has 158 valence electrons. The molecule has 0 radical (unpaired) electrons. The maximum Gasteiger partial charge on any atom is 0.258 e. The van der Waals surface area contributed by atoms with Crippen molar-refractivity contribution in [3.8, 4) is 0 Å². The van der Waals surface area contributed by atoms with Crippen LogP contribution in [-0.4, -0.2) is 72.3 Å². The van der Waals surface area contributed by atoms with Gasteiger partial charge in [-0.3, -0.25) is 9.59 Å². The van der Waals surface area contributed by atoms with E-state index in [9.17, 15) is 9.59 Å². The molecule has 2 aromatic rings. The molecule has 0 unspecified atom stereocenters. The van der Waals surface area contributed by atoms with E-state index in [2.05, 4.69) is 4.99 Å². The molecule has 1 aliphatic rings. The lowest BCUT2D eigenvalue weighted by atomic mass is 10.3. The molecule has 7 nitrogen and oxygen atoms in total. The van der Waals surface area contributed by atoms with Crippen molar-refractivity contribution in [3.63, 3.8) is 0 Å². The topological polar surface area (TPSA) is 73.1 Å². The second-order valence-corrected chi connectivity index (χ2v) is 8.77. The Morgan fingerprint density at radius 3 is 2.86 bits per heavy atom. The van der Waals surface area contributed by atoms with Gasteiger partial charge < -0.3 is 18.9 Å². The van der Waals surface area contributed by atoms with Crippen molar-refractivity contribution < 1.29 is 19.1 Å². The number of thiazole rings is 1. The molecule has 0 bridgehead atoms. The average molecular weight is 458 g/mol. The summed E-state index contributed by atoms with van der Waals surface area (Å²) in [6, 6.07) is 5.63. The summed E-state index contributed by atoms with van der Waals surface area (Å²) < 4.78 is 13.7. The summed E-state index contributed by atoms with van der Waals surface area (Å²) in [6.45, 7) is 6.09. The Bertz CT molecular complexity index is 922. The quantitative estimate of drug-likeness (QED) is 0.569.